The maximum absolute atomic E-state index is 12.4. The highest BCUT2D eigenvalue weighted by Gasteiger charge is 2.40. The van der Waals surface area contributed by atoms with Crippen molar-refractivity contribution in [3.63, 3.8) is 0 Å². The smallest absolute Gasteiger partial charge is 0.260 e. The molecule has 4 aromatic rings. The van der Waals surface area contributed by atoms with E-state index in [0.717, 1.165) is 16.7 Å². The van der Waals surface area contributed by atoms with Gasteiger partial charge in [-0.25, -0.2) is 4.98 Å². The van der Waals surface area contributed by atoms with Crippen LogP contribution in [-0.4, -0.2) is 21.6 Å². The molecule has 0 unspecified atom stereocenters. The first-order valence-corrected chi connectivity index (χ1v) is 8.98. The number of rotatable bonds is 6. The first kappa shape index (κ1) is 17.6. The third kappa shape index (κ3) is 2.76. The molecule has 1 aromatic heterocycles. The summed E-state index contributed by atoms with van der Waals surface area (Å²) in [5, 5.41) is 0. The number of aldehydes is 1. The van der Waals surface area contributed by atoms with E-state index >= 15 is 0 Å². The summed E-state index contributed by atoms with van der Waals surface area (Å²) >= 11 is 0. The van der Waals surface area contributed by atoms with Crippen LogP contribution in [0.15, 0.2) is 103 Å². The van der Waals surface area contributed by atoms with Gasteiger partial charge in [-0.1, -0.05) is 91.0 Å². The molecule has 4 rings (SSSR count). The molecule has 0 atom stereocenters. The molecule has 0 aliphatic carbocycles. The predicted octanol–water partition coefficient (Wildman–Crippen LogP) is 4.10. The summed E-state index contributed by atoms with van der Waals surface area (Å²) < 4.78 is 1.80. The second kappa shape index (κ2) is 7.45. The third-order valence-electron chi connectivity index (χ3n) is 4.90. The van der Waals surface area contributed by atoms with Gasteiger partial charge in [0.1, 0.15) is 5.54 Å². The molecule has 0 bridgehead atoms. The van der Waals surface area contributed by atoms with Gasteiger partial charge in [-0.15, -0.1) is 0 Å². The summed E-state index contributed by atoms with van der Waals surface area (Å²) in [5.74, 6) is -0.552. The average Bonchev–Trinajstić information content (AvgIpc) is 3.26. The lowest BCUT2D eigenvalue weighted by molar-refractivity contribution is -0.104. The molecule has 28 heavy (non-hydrogen) atoms. The number of hydrogen-bond donors (Lipinski definition) is 0. The van der Waals surface area contributed by atoms with Crippen LogP contribution in [0.4, 0.5) is 0 Å². The Labute approximate surface area is 163 Å². The van der Waals surface area contributed by atoms with Crippen LogP contribution in [-0.2, 0) is 10.3 Å². The molecule has 0 N–H and O–H groups in total. The van der Waals surface area contributed by atoms with Crippen LogP contribution in [0.3, 0.4) is 0 Å². The fourth-order valence-electron chi connectivity index (χ4n) is 3.76. The predicted molar refractivity (Wildman–Crippen MR) is 107 cm³/mol. The second-order valence-corrected chi connectivity index (χ2v) is 6.41. The lowest BCUT2D eigenvalue weighted by Crippen LogP contribution is -2.39. The van der Waals surface area contributed by atoms with Crippen molar-refractivity contribution in [2.75, 3.05) is 0 Å². The lowest BCUT2D eigenvalue weighted by atomic mass is 9.76. The Morgan fingerprint density at radius 2 is 1.18 bits per heavy atom. The molecular weight excluding hydrogens is 348 g/mol. The number of nitrogens with zero attached hydrogens (tertiary/aromatic N) is 2. The van der Waals surface area contributed by atoms with Crippen molar-refractivity contribution >= 4 is 12.1 Å². The zero-order chi connectivity index (χ0) is 19.4. The highest BCUT2D eigenvalue weighted by atomic mass is 16.2. The van der Waals surface area contributed by atoms with Crippen molar-refractivity contribution in [1.82, 2.24) is 9.55 Å². The molecule has 4 nitrogen and oxygen atoms in total. The third-order valence-corrected chi connectivity index (χ3v) is 4.90. The normalized spacial score (nSPS) is 11.1. The Kier molecular flexibility index (Phi) is 4.68. The largest absolute Gasteiger partial charge is 0.310 e. The van der Waals surface area contributed by atoms with Gasteiger partial charge in [-0.3, -0.25) is 9.59 Å². The molecular formula is C24H18N2O2. The zero-order valence-electron chi connectivity index (χ0n) is 15.1. The summed E-state index contributed by atoms with van der Waals surface area (Å²) in [6.07, 6.45) is 3.62. The van der Waals surface area contributed by atoms with E-state index in [1.54, 1.807) is 17.0 Å². The van der Waals surface area contributed by atoms with Gasteiger partial charge in [0.05, 0.1) is 0 Å². The Morgan fingerprint density at radius 3 is 1.57 bits per heavy atom. The van der Waals surface area contributed by atoms with Crippen LogP contribution >= 0.6 is 0 Å². The number of benzene rings is 3. The second-order valence-electron chi connectivity index (χ2n) is 6.41. The van der Waals surface area contributed by atoms with Crippen molar-refractivity contribution in [3.8, 4) is 0 Å². The van der Waals surface area contributed by atoms with E-state index in [4.69, 9.17) is 0 Å². The minimum Gasteiger partial charge on any atom is -0.310 e. The van der Waals surface area contributed by atoms with Crippen LogP contribution in [0.1, 0.15) is 27.3 Å². The average molecular weight is 366 g/mol. The first-order valence-electron chi connectivity index (χ1n) is 8.98. The first-order chi connectivity index (χ1) is 13.8. The van der Waals surface area contributed by atoms with Crippen LogP contribution in [0.25, 0.3) is 0 Å². The molecule has 0 aliphatic rings. The summed E-state index contributed by atoms with van der Waals surface area (Å²) in [6.45, 7) is 0. The van der Waals surface area contributed by atoms with Crippen LogP contribution in [0.5, 0.6) is 0 Å². The van der Waals surface area contributed by atoms with E-state index in [1.165, 1.54) is 0 Å². The maximum atomic E-state index is 12.4. The fraction of sp³-hybridized carbons (Fsp3) is 0.0417. The molecule has 0 saturated carbocycles. The Balaban J connectivity index is 2.16. The van der Waals surface area contributed by atoms with Crippen LogP contribution < -0.4 is 0 Å². The van der Waals surface area contributed by atoms with E-state index in [-0.39, 0.29) is 5.82 Å². The van der Waals surface area contributed by atoms with Crippen molar-refractivity contribution in [3.05, 3.63) is 126 Å². The number of hydrogen-bond acceptors (Lipinski definition) is 3. The summed E-state index contributed by atoms with van der Waals surface area (Å²) in [4.78, 5) is 27.9. The molecule has 0 aliphatic heterocycles. The number of ketones is 1. The van der Waals surface area contributed by atoms with Gasteiger partial charge in [0.2, 0.25) is 0 Å². The van der Waals surface area contributed by atoms with Crippen molar-refractivity contribution in [2.45, 2.75) is 5.54 Å². The van der Waals surface area contributed by atoms with Gasteiger partial charge in [-0.05, 0) is 16.7 Å². The summed E-state index contributed by atoms with van der Waals surface area (Å²) in [6, 6.07) is 29.8. The quantitative estimate of drug-likeness (QED) is 0.223. The molecule has 136 valence electrons. The lowest BCUT2D eigenvalue weighted by Gasteiger charge is -2.38. The molecule has 0 amide bonds. The fourth-order valence-corrected chi connectivity index (χ4v) is 3.76. The Morgan fingerprint density at radius 1 is 0.750 bits per heavy atom. The van der Waals surface area contributed by atoms with Crippen molar-refractivity contribution < 1.29 is 9.59 Å². The zero-order valence-corrected chi connectivity index (χ0v) is 15.1. The minimum absolute atomic E-state index is 0.103. The van der Waals surface area contributed by atoms with Gasteiger partial charge < -0.3 is 4.57 Å². The molecule has 0 saturated heterocycles. The van der Waals surface area contributed by atoms with E-state index in [9.17, 15) is 9.59 Å². The Hall–Kier alpha value is -3.79. The van der Waals surface area contributed by atoms with Crippen molar-refractivity contribution in [1.29, 1.82) is 0 Å². The van der Waals surface area contributed by atoms with Gasteiger partial charge >= 0.3 is 0 Å². The number of aromatic nitrogens is 2. The van der Waals surface area contributed by atoms with E-state index in [1.807, 2.05) is 91.0 Å². The van der Waals surface area contributed by atoms with E-state index in [2.05, 4.69) is 4.98 Å². The van der Waals surface area contributed by atoms with Crippen molar-refractivity contribution in [2.24, 2.45) is 0 Å². The topological polar surface area (TPSA) is 52.0 Å². The summed E-state index contributed by atoms with van der Waals surface area (Å²) in [5.41, 5.74) is 2.04. The Bertz CT molecular complexity index is 991. The maximum Gasteiger partial charge on any atom is 0.260 e. The summed E-state index contributed by atoms with van der Waals surface area (Å²) in [7, 11) is 0. The van der Waals surface area contributed by atoms with Gasteiger partial charge in [-0.2, -0.15) is 0 Å². The van der Waals surface area contributed by atoms with E-state index < -0.39 is 11.3 Å². The number of carbonyl (C=O) groups excluding carboxylic acids is 2. The molecule has 0 radical (unpaired) electrons. The molecule has 0 fully saturated rings. The molecule has 3 aromatic carbocycles. The SMILES string of the molecule is O=CC(=O)c1nccn1C(c1ccccc1)(c1ccccc1)c1ccccc1. The highest BCUT2D eigenvalue weighted by molar-refractivity contribution is 6.32. The van der Waals surface area contributed by atoms with Gasteiger partial charge in [0.15, 0.2) is 12.1 Å². The molecule has 4 heteroatoms. The standard InChI is InChI=1S/C24H18N2O2/c27-18-22(28)23-25-16-17-26(23)24(19-10-4-1-5-11-19,20-12-6-2-7-13-20)21-14-8-3-9-15-21/h1-18H. The van der Waals surface area contributed by atoms with Crippen LogP contribution in [0, 0.1) is 0 Å². The number of carbonyl (C=O) groups is 2. The minimum atomic E-state index is -0.853. The van der Waals surface area contributed by atoms with Crippen LogP contribution in [0.2, 0.25) is 0 Å². The number of imidazole rings is 1. The molecule has 0 spiro atoms. The van der Waals surface area contributed by atoms with E-state index in [0.29, 0.717) is 6.29 Å². The molecule has 1 heterocycles. The van der Waals surface area contributed by atoms with Gasteiger partial charge in [0.25, 0.3) is 5.78 Å². The highest BCUT2D eigenvalue weighted by Crippen LogP contribution is 2.41. The number of Topliss-reactive ketones (excluding diaryl/α,β-unsaturated/α-hetero) is 1. The monoisotopic (exact) mass is 366 g/mol. The van der Waals surface area contributed by atoms with Gasteiger partial charge in [0, 0.05) is 12.4 Å².